The molecule has 1 saturated heterocycles. The van der Waals surface area contributed by atoms with Gasteiger partial charge in [-0.25, -0.2) is 4.79 Å². The van der Waals surface area contributed by atoms with Crippen LogP contribution < -0.4 is 5.32 Å². The molecule has 0 radical (unpaired) electrons. The summed E-state index contributed by atoms with van der Waals surface area (Å²) in [5.74, 6) is -4.64. The summed E-state index contributed by atoms with van der Waals surface area (Å²) in [5, 5.41) is 54.1. The maximum Gasteiger partial charge on any atom is 0.364 e. The lowest BCUT2D eigenvalue weighted by atomic mass is 9.88. The first-order valence-electron chi connectivity index (χ1n) is 7.66. The Hall–Kier alpha value is -1.99. The van der Waals surface area contributed by atoms with Gasteiger partial charge in [-0.3, -0.25) is 4.79 Å². The first kappa shape index (κ1) is 22.1. The number of nitrogens with zero attached hydrogens (tertiary/aromatic N) is 3. The van der Waals surface area contributed by atoms with E-state index in [1.54, 1.807) is 0 Å². The van der Waals surface area contributed by atoms with Gasteiger partial charge >= 0.3 is 5.97 Å². The summed E-state index contributed by atoms with van der Waals surface area (Å²) in [4.78, 5) is 25.5. The second kappa shape index (κ2) is 9.64. The summed E-state index contributed by atoms with van der Waals surface area (Å²) in [6.45, 7) is -0.318. The number of hydrogen-bond acceptors (Lipinski definition) is 9. The number of aliphatic hydroxyl groups excluding tert-OH is 4. The lowest BCUT2D eigenvalue weighted by Gasteiger charge is -2.46. The molecule has 13 nitrogen and oxygen atoms in total. The number of carbonyl (C=O) groups excluding carboxylic acids is 1. The predicted molar refractivity (Wildman–Crippen MR) is 82.5 cm³/mol. The maximum absolute atomic E-state index is 11.7. The molecule has 0 aromatic rings. The second-order valence-corrected chi connectivity index (χ2v) is 5.68. The number of rotatable bonds is 9. The van der Waals surface area contributed by atoms with Crippen molar-refractivity contribution in [2.24, 2.45) is 5.11 Å². The van der Waals surface area contributed by atoms with Crippen LogP contribution in [0.3, 0.4) is 0 Å². The van der Waals surface area contributed by atoms with Crippen molar-refractivity contribution in [3.05, 3.63) is 10.4 Å². The van der Waals surface area contributed by atoms with Crippen LogP contribution in [0.5, 0.6) is 0 Å². The van der Waals surface area contributed by atoms with Crippen LogP contribution in [-0.2, 0) is 19.1 Å². The normalized spacial score (nSPS) is 30.7. The van der Waals surface area contributed by atoms with Gasteiger partial charge in [-0.1, -0.05) is 5.11 Å². The van der Waals surface area contributed by atoms with Crippen LogP contribution in [0.15, 0.2) is 5.11 Å². The van der Waals surface area contributed by atoms with Gasteiger partial charge in [0.2, 0.25) is 5.91 Å². The molecule has 13 heteroatoms. The third-order valence-corrected chi connectivity index (χ3v) is 3.78. The zero-order valence-corrected chi connectivity index (χ0v) is 13.9. The number of hydrogen-bond donors (Lipinski definition) is 6. The molecule has 1 rings (SSSR count). The van der Waals surface area contributed by atoms with Crippen LogP contribution in [0.1, 0.15) is 13.3 Å². The molecule has 0 aromatic carbocycles. The van der Waals surface area contributed by atoms with Crippen molar-refractivity contribution in [2.45, 2.75) is 49.6 Å². The van der Waals surface area contributed by atoms with Crippen LogP contribution in [0.4, 0.5) is 0 Å². The number of aliphatic hydroxyl groups is 4. The Kier molecular flexibility index (Phi) is 8.17. The van der Waals surface area contributed by atoms with Gasteiger partial charge in [0.05, 0.1) is 25.4 Å². The highest BCUT2D eigenvalue weighted by atomic mass is 16.7. The number of carboxylic acids is 1. The lowest BCUT2D eigenvalue weighted by Crippen LogP contribution is -2.68. The van der Waals surface area contributed by atoms with Gasteiger partial charge < -0.3 is 40.3 Å². The van der Waals surface area contributed by atoms with Crippen molar-refractivity contribution in [1.29, 1.82) is 0 Å². The third-order valence-electron chi connectivity index (χ3n) is 3.78. The van der Waals surface area contributed by atoms with Crippen molar-refractivity contribution in [3.63, 3.8) is 0 Å². The minimum absolute atomic E-state index is 0.216. The van der Waals surface area contributed by atoms with Gasteiger partial charge in [-0.05, 0) is 5.53 Å². The number of carboxylic acid groups (broad SMARTS) is 1. The molecule has 1 amide bonds. The van der Waals surface area contributed by atoms with E-state index in [2.05, 4.69) is 15.3 Å². The van der Waals surface area contributed by atoms with E-state index in [1.807, 2.05) is 0 Å². The van der Waals surface area contributed by atoms with E-state index in [9.17, 15) is 30.0 Å². The number of aliphatic carboxylic acids is 1. The zero-order chi connectivity index (χ0) is 19.9. The Morgan fingerprint density at radius 1 is 1.50 bits per heavy atom. The molecule has 26 heavy (non-hydrogen) atoms. The fourth-order valence-corrected chi connectivity index (χ4v) is 2.57. The monoisotopic (exact) mass is 378 g/mol. The Bertz CT molecular complexity index is 556. The van der Waals surface area contributed by atoms with Gasteiger partial charge in [0.15, 0.2) is 0 Å². The largest absolute Gasteiger partial charge is 0.477 e. The standard InChI is InChI=1S/C13H22N4O9/c1-6(19)16-9-7(20)4-13(12(23)24,25-3-2-15-17-14)26-11(9)10(22)8(21)5-18/h7-11,18,20-22H,2-5H2,1H3,(H,16,19)(H,23,24)/t7-,8+,9+,10+,11+,13-/m0/s1. The van der Waals surface area contributed by atoms with Crippen LogP contribution >= 0.6 is 0 Å². The number of nitrogens with one attached hydrogen (secondary N) is 1. The molecule has 0 aliphatic carbocycles. The van der Waals surface area contributed by atoms with Gasteiger partial charge in [0.25, 0.3) is 5.79 Å². The zero-order valence-electron chi connectivity index (χ0n) is 13.9. The summed E-state index contributed by atoms with van der Waals surface area (Å²) in [5.41, 5.74) is 8.23. The SMILES string of the molecule is CC(=O)N[C@H]1[C@H]([C@H](O)[C@H](O)CO)O[C@](OCCN=[N+]=[N-])(C(=O)O)C[C@@H]1O. The summed E-state index contributed by atoms with van der Waals surface area (Å²) in [7, 11) is 0. The Balaban J connectivity index is 3.14. The van der Waals surface area contributed by atoms with Crippen molar-refractivity contribution >= 4 is 11.9 Å². The molecular formula is C13H22N4O9. The van der Waals surface area contributed by atoms with Crippen LogP contribution in [0.2, 0.25) is 0 Å². The van der Waals surface area contributed by atoms with Crippen molar-refractivity contribution < 1.29 is 44.6 Å². The van der Waals surface area contributed by atoms with E-state index in [1.165, 1.54) is 0 Å². The fraction of sp³-hybridized carbons (Fsp3) is 0.846. The highest BCUT2D eigenvalue weighted by Crippen LogP contribution is 2.33. The van der Waals surface area contributed by atoms with Gasteiger partial charge in [-0.15, -0.1) is 0 Å². The molecule has 6 atom stereocenters. The average Bonchev–Trinajstić information content (AvgIpc) is 2.59. The van der Waals surface area contributed by atoms with Crippen LogP contribution in [0.25, 0.3) is 10.4 Å². The molecule has 1 fully saturated rings. The molecule has 6 N–H and O–H groups in total. The van der Waals surface area contributed by atoms with E-state index in [0.717, 1.165) is 6.92 Å². The molecule has 0 saturated carbocycles. The van der Waals surface area contributed by atoms with E-state index < -0.39 is 61.1 Å². The van der Waals surface area contributed by atoms with Crippen molar-refractivity contribution in [2.75, 3.05) is 19.8 Å². The van der Waals surface area contributed by atoms with Crippen molar-refractivity contribution in [1.82, 2.24) is 5.32 Å². The molecule has 1 aliphatic heterocycles. The molecule has 0 spiro atoms. The lowest BCUT2D eigenvalue weighted by molar-refractivity contribution is -0.310. The first-order valence-corrected chi connectivity index (χ1v) is 7.66. The summed E-state index contributed by atoms with van der Waals surface area (Å²) in [6.07, 6.45) is -7.31. The van der Waals surface area contributed by atoms with Crippen LogP contribution in [-0.4, -0.2) is 93.4 Å². The van der Waals surface area contributed by atoms with Gasteiger partial charge in [0.1, 0.15) is 18.3 Å². The Labute approximate surface area is 147 Å². The van der Waals surface area contributed by atoms with E-state index in [-0.39, 0.29) is 13.2 Å². The highest BCUT2D eigenvalue weighted by Gasteiger charge is 2.55. The Morgan fingerprint density at radius 2 is 2.15 bits per heavy atom. The second-order valence-electron chi connectivity index (χ2n) is 5.68. The Morgan fingerprint density at radius 3 is 2.65 bits per heavy atom. The molecule has 0 bridgehead atoms. The topological polar surface area (TPSA) is 215 Å². The van der Waals surface area contributed by atoms with Gasteiger partial charge in [-0.2, -0.15) is 0 Å². The first-order chi connectivity index (χ1) is 12.2. The number of amides is 1. The smallest absolute Gasteiger partial charge is 0.364 e. The summed E-state index contributed by atoms with van der Waals surface area (Å²) in [6, 6.07) is -1.27. The van der Waals surface area contributed by atoms with Crippen molar-refractivity contribution in [3.8, 4) is 0 Å². The molecular weight excluding hydrogens is 356 g/mol. The molecule has 0 unspecified atom stereocenters. The summed E-state index contributed by atoms with van der Waals surface area (Å²) < 4.78 is 10.5. The fourth-order valence-electron chi connectivity index (χ4n) is 2.57. The minimum Gasteiger partial charge on any atom is -0.477 e. The maximum atomic E-state index is 11.7. The number of azide groups is 1. The molecule has 1 aliphatic rings. The molecule has 148 valence electrons. The average molecular weight is 378 g/mol. The van der Waals surface area contributed by atoms with Gasteiger partial charge in [0, 0.05) is 24.8 Å². The molecule has 1 heterocycles. The van der Waals surface area contributed by atoms with E-state index in [0.29, 0.717) is 0 Å². The quantitative estimate of drug-likeness (QED) is 0.108. The predicted octanol–water partition coefficient (Wildman–Crippen LogP) is -2.54. The highest BCUT2D eigenvalue weighted by molar-refractivity contribution is 5.76. The summed E-state index contributed by atoms with van der Waals surface area (Å²) >= 11 is 0. The van der Waals surface area contributed by atoms with E-state index in [4.69, 9.17) is 20.1 Å². The number of ether oxygens (including phenoxy) is 2. The number of carbonyl (C=O) groups is 2. The third kappa shape index (κ3) is 5.25. The van der Waals surface area contributed by atoms with Crippen LogP contribution in [0, 0.1) is 0 Å². The molecule has 0 aromatic heterocycles. The minimum atomic E-state index is -2.42. The van der Waals surface area contributed by atoms with E-state index >= 15 is 0 Å².